The number of nitrogens with zero attached hydrogens (tertiary/aromatic N) is 2. The maximum absolute atomic E-state index is 11.9. The highest BCUT2D eigenvalue weighted by Crippen LogP contribution is 2.21. The molecule has 0 aromatic carbocycles. The Morgan fingerprint density at radius 1 is 1.35 bits per heavy atom. The molecule has 17 heavy (non-hydrogen) atoms. The maximum Gasteiger partial charge on any atom is 0.269 e. The Hall–Kier alpha value is -2.01. The molecule has 84 valence electrons. The molecule has 0 atom stereocenters. The molecule has 0 aliphatic rings. The van der Waals surface area contributed by atoms with E-state index in [2.05, 4.69) is 15.0 Å². The lowest BCUT2D eigenvalue weighted by Gasteiger charge is -1.98. The number of aryl methyl sites for hydroxylation is 1. The minimum atomic E-state index is -0.103. The summed E-state index contributed by atoms with van der Waals surface area (Å²) in [6.07, 6.45) is 1.68. The fraction of sp³-hybridized carbons (Fsp3) is 0.0833. The summed E-state index contributed by atoms with van der Waals surface area (Å²) in [6, 6.07) is 7.44. The lowest BCUT2D eigenvalue weighted by molar-refractivity contribution is 1.15. The van der Waals surface area contributed by atoms with Gasteiger partial charge in [0.1, 0.15) is 10.4 Å². The second-order valence-corrected chi connectivity index (χ2v) is 4.96. The molecule has 0 saturated carbocycles. The smallest absolute Gasteiger partial charge is 0.269 e. The van der Waals surface area contributed by atoms with Gasteiger partial charge in [-0.05, 0) is 25.1 Å². The molecule has 0 amide bonds. The Balaban J connectivity index is 2.29. The predicted octanol–water partition coefficient (Wildman–Crippen LogP) is 2.36. The Morgan fingerprint density at radius 3 is 3.00 bits per heavy atom. The van der Waals surface area contributed by atoms with Gasteiger partial charge in [-0.25, -0.2) is 4.98 Å². The molecule has 0 saturated heterocycles. The first-order valence-corrected chi connectivity index (χ1v) is 5.97. The minimum Gasteiger partial charge on any atom is -0.304 e. The van der Waals surface area contributed by atoms with Gasteiger partial charge in [0.25, 0.3) is 5.56 Å². The molecular weight excluding hydrogens is 234 g/mol. The van der Waals surface area contributed by atoms with Crippen LogP contribution in [0.15, 0.2) is 35.3 Å². The molecule has 4 nitrogen and oxygen atoms in total. The SMILES string of the molecule is Cc1cc2nc(-c3ccccn3)[nH]c(=O)c2s1. The first-order valence-electron chi connectivity index (χ1n) is 5.16. The van der Waals surface area contributed by atoms with Crippen LogP contribution in [0.3, 0.4) is 0 Å². The Bertz CT molecular complexity index is 730. The summed E-state index contributed by atoms with van der Waals surface area (Å²) in [5.74, 6) is 0.515. The monoisotopic (exact) mass is 243 g/mol. The average molecular weight is 243 g/mol. The van der Waals surface area contributed by atoms with Crippen molar-refractivity contribution in [3.05, 3.63) is 45.7 Å². The van der Waals surface area contributed by atoms with Gasteiger partial charge in [-0.2, -0.15) is 0 Å². The van der Waals surface area contributed by atoms with Gasteiger partial charge in [0.05, 0.1) is 5.52 Å². The molecule has 0 aliphatic heterocycles. The normalized spacial score (nSPS) is 10.9. The molecule has 3 rings (SSSR count). The average Bonchev–Trinajstić information content (AvgIpc) is 2.71. The van der Waals surface area contributed by atoms with Gasteiger partial charge in [-0.15, -0.1) is 11.3 Å². The standard InChI is InChI=1S/C12H9N3OS/c1-7-6-9-10(17-7)12(16)15-11(14-9)8-4-2-3-5-13-8/h2-6H,1H3,(H,14,15,16). The van der Waals surface area contributed by atoms with Crippen molar-refractivity contribution in [3.63, 3.8) is 0 Å². The zero-order valence-electron chi connectivity index (χ0n) is 9.10. The van der Waals surface area contributed by atoms with Crippen LogP contribution in [0.25, 0.3) is 21.7 Å². The largest absolute Gasteiger partial charge is 0.304 e. The van der Waals surface area contributed by atoms with Gasteiger partial charge in [0.15, 0.2) is 5.82 Å². The summed E-state index contributed by atoms with van der Waals surface area (Å²) in [5, 5.41) is 0. The molecule has 3 heterocycles. The van der Waals surface area contributed by atoms with Crippen molar-refractivity contribution in [1.29, 1.82) is 0 Å². The van der Waals surface area contributed by atoms with Crippen LogP contribution in [-0.2, 0) is 0 Å². The minimum absolute atomic E-state index is 0.103. The molecule has 5 heteroatoms. The van der Waals surface area contributed by atoms with Crippen LogP contribution in [0, 0.1) is 6.92 Å². The molecule has 0 radical (unpaired) electrons. The summed E-state index contributed by atoms with van der Waals surface area (Å²) >= 11 is 1.46. The highest BCUT2D eigenvalue weighted by Gasteiger charge is 2.08. The van der Waals surface area contributed by atoms with Crippen molar-refractivity contribution >= 4 is 21.6 Å². The van der Waals surface area contributed by atoms with E-state index in [9.17, 15) is 4.79 Å². The third-order valence-corrected chi connectivity index (χ3v) is 3.45. The Kier molecular flexibility index (Phi) is 2.26. The third kappa shape index (κ3) is 1.74. The molecule has 3 aromatic rings. The number of pyridine rings is 1. The second kappa shape index (κ2) is 3.78. The molecule has 1 N–H and O–H groups in total. The maximum atomic E-state index is 11.9. The summed E-state index contributed by atoms with van der Waals surface area (Å²) in [7, 11) is 0. The highest BCUT2D eigenvalue weighted by atomic mass is 32.1. The van der Waals surface area contributed by atoms with Crippen LogP contribution in [0.4, 0.5) is 0 Å². The number of hydrogen-bond acceptors (Lipinski definition) is 4. The van der Waals surface area contributed by atoms with Gasteiger partial charge in [0.2, 0.25) is 0 Å². The number of nitrogens with one attached hydrogen (secondary N) is 1. The first kappa shape index (κ1) is 10.2. The number of rotatable bonds is 1. The van der Waals surface area contributed by atoms with Crippen LogP contribution < -0.4 is 5.56 Å². The van der Waals surface area contributed by atoms with E-state index in [0.717, 1.165) is 10.4 Å². The first-order chi connectivity index (χ1) is 8.24. The van der Waals surface area contributed by atoms with Crippen molar-refractivity contribution in [2.24, 2.45) is 0 Å². The molecule has 0 bridgehead atoms. The van der Waals surface area contributed by atoms with E-state index in [1.165, 1.54) is 11.3 Å². The summed E-state index contributed by atoms with van der Waals surface area (Å²) in [6.45, 7) is 1.96. The number of H-pyrrole nitrogens is 1. The lowest BCUT2D eigenvalue weighted by atomic mass is 10.3. The van der Waals surface area contributed by atoms with E-state index in [0.29, 0.717) is 16.2 Å². The fourth-order valence-corrected chi connectivity index (χ4v) is 2.53. The van der Waals surface area contributed by atoms with Crippen LogP contribution in [0.5, 0.6) is 0 Å². The summed E-state index contributed by atoms with van der Waals surface area (Å²) in [5.41, 5.74) is 1.31. The molecule has 3 aromatic heterocycles. The Labute approximate surface area is 101 Å². The van der Waals surface area contributed by atoms with Crippen LogP contribution in [0.2, 0.25) is 0 Å². The zero-order chi connectivity index (χ0) is 11.8. The number of fused-ring (bicyclic) bond motifs is 1. The van der Waals surface area contributed by atoms with Crippen molar-refractivity contribution in [3.8, 4) is 11.5 Å². The topological polar surface area (TPSA) is 58.6 Å². The van der Waals surface area contributed by atoms with Gasteiger partial charge < -0.3 is 4.98 Å². The van der Waals surface area contributed by atoms with E-state index in [1.807, 2.05) is 31.2 Å². The number of thiophene rings is 1. The highest BCUT2D eigenvalue weighted by molar-refractivity contribution is 7.18. The third-order valence-electron chi connectivity index (χ3n) is 2.41. The van der Waals surface area contributed by atoms with Crippen LogP contribution in [0.1, 0.15) is 4.88 Å². The van der Waals surface area contributed by atoms with Gasteiger partial charge in [-0.3, -0.25) is 9.78 Å². The number of aromatic amines is 1. The summed E-state index contributed by atoms with van der Waals surface area (Å²) < 4.78 is 0.669. The molecular formula is C12H9N3OS. The molecule has 0 aliphatic carbocycles. The number of hydrogen-bond donors (Lipinski definition) is 1. The van der Waals surface area contributed by atoms with Crippen molar-refractivity contribution in [2.75, 3.05) is 0 Å². The quantitative estimate of drug-likeness (QED) is 0.713. The van der Waals surface area contributed by atoms with E-state index in [4.69, 9.17) is 0 Å². The van der Waals surface area contributed by atoms with Crippen molar-refractivity contribution in [1.82, 2.24) is 15.0 Å². The second-order valence-electron chi connectivity index (χ2n) is 3.70. The predicted molar refractivity (Wildman–Crippen MR) is 68.2 cm³/mol. The van der Waals surface area contributed by atoms with Crippen molar-refractivity contribution < 1.29 is 0 Å². The van der Waals surface area contributed by atoms with E-state index < -0.39 is 0 Å². The van der Waals surface area contributed by atoms with Gasteiger partial charge in [0, 0.05) is 11.1 Å². The van der Waals surface area contributed by atoms with Crippen LogP contribution >= 0.6 is 11.3 Å². The number of aromatic nitrogens is 3. The van der Waals surface area contributed by atoms with E-state index in [-0.39, 0.29) is 5.56 Å². The van der Waals surface area contributed by atoms with E-state index >= 15 is 0 Å². The molecule has 0 unspecified atom stereocenters. The van der Waals surface area contributed by atoms with Crippen LogP contribution in [-0.4, -0.2) is 15.0 Å². The molecule has 0 spiro atoms. The summed E-state index contributed by atoms with van der Waals surface area (Å²) in [4.78, 5) is 24.3. The van der Waals surface area contributed by atoms with Gasteiger partial charge >= 0.3 is 0 Å². The van der Waals surface area contributed by atoms with Gasteiger partial charge in [-0.1, -0.05) is 6.07 Å². The zero-order valence-corrected chi connectivity index (χ0v) is 9.91. The van der Waals surface area contributed by atoms with E-state index in [1.54, 1.807) is 6.20 Å². The Morgan fingerprint density at radius 2 is 2.24 bits per heavy atom. The fourth-order valence-electron chi connectivity index (χ4n) is 1.68. The lowest BCUT2D eigenvalue weighted by Crippen LogP contribution is -2.07. The molecule has 0 fully saturated rings. The van der Waals surface area contributed by atoms with Crippen molar-refractivity contribution in [2.45, 2.75) is 6.92 Å².